The number of carboxylic acid groups (broad SMARTS) is 1. The molecule has 5 atom stereocenters. The van der Waals surface area contributed by atoms with E-state index < -0.39 is 5.97 Å². The number of ether oxygens (including phenoxy) is 1. The van der Waals surface area contributed by atoms with Crippen LogP contribution >= 0.6 is 0 Å². The van der Waals surface area contributed by atoms with Crippen LogP contribution in [0, 0.1) is 5.92 Å². The van der Waals surface area contributed by atoms with Gasteiger partial charge in [-0.25, -0.2) is 0 Å². The Hall–Kier alpha value is -0.610. The quantitative estimate of drug-likeness (QED) is 0.793. The standard InChI is InChI=1S/C13H21NO3/c1-8-6-10(4-5-17-8)14-9-2-3-12(14)11(7-9)13(15)16/h8-12H,2-7H2,1H3,(H,15,16). The van der Waals surface area contributed by atoms with Crippen molar-refractivity contribution in [2.24, 2.45) is 5.92 Å². The van der Waals surface area contributed by atoms with Gasteiger partial charge in [-0.3, -0.25) is 9.69 Å². The van der Waals surface area contributed by atoms with Gasteiger partial charge in [-0.15, -0.1) is 0 Å². The fourth-order valence-corrected chi connectivity index (χ4v) is 4.11. The summed E-state index contributed by atoms with van der Waals surface area (Å²) in [5.41, 5.74) is 0. The molecule has 0 amide bonds. The molecule has 3 aliphatic rings. The Morgan fingerprint density at radius 3 is 2.65 bits per heavy atom. The molecule has 3 aliphatic heterocycles. The molecule has 4 heteroatoms. The first kappa shape index (κ1) is 11.5. The summed E-state index contributed by atoms with van der Waals surface area (Å²) < 4.78 is 5.59. The highest BCUT2D eigenvalue weighted by molar-refractivity contribution is 5.71. The van der Waals surface area contributed by atoms with Crippen molar-refractivity contribution in [3.8, 4) is 0 Å². The molecular weight excluding hydrogens is 218 g/mol. The van der Waals surface area contributed by atoms with Gasteiger partial charge in [0, 0.05) is 24.7 Å². The van der Waals surface area contributed by atoms with E-state index in [1.165, 1.54) is 6.42 Å². The minimum Gasteiger partial charge on any atom is -0.481 e. The van der Waals surface area contributed by atoms with Crippen molar-refractivity contribution in [3.63, 3.8) is 0 Å². The molecule has 0 aromatic carbocycles. The average Bonchev–Trinajstić information content (AvgIpc) is 2.85. The number of aliphatic carboxylic acids is 1. The van der Waals surface area contributed by atoms with Crippen molar-refractivity contribution >= 4 is 5.97 Å². The Morgan fingerprint density at radius 1 is 1.24 bits per heavy atom. The molecule has 0 radical (unpaired) electrons. The SMILES string of the molecule is CC1CC(N2C3CCC2C(C(=O)O)C3)CCO1. The third kappa shape index (κ3) is 1.87. The number of fused-ring (bicyclic) bond motifs is 2. The topological polar surface area (TPSA) is 49.8 Å². The first-order valence-corrected chi connectivity index (χ1v) is 6.78. The molecule has 4 nitrogen and oxygen atoms in total. The lowest BCUT2D eigenvalue weighted by Crippen LogP contribution is -2.45. The molecule has 0 aliphatic carbocycles. The van der Waals surface area contributed by atoms with Gasteiger partial charge in [-0.1, -0.05) is 0 Å². The maximum absolute atomic E-state index is 11.2. The van der Waals surface area contributed by atoms with Gasteiger partial charge in [-0.05, 0) is 39.0 Å². The van der Waals surface area contributed by atoms with Crippen molar-refractivity contribution in [1.82, 2.24) is 4.90 Å². The summed E-state index contributed by atoms with van der Waals surface area (Å²) >= 11 is 0. The van der Waals surface area contributed by atoms with Crippen LogP contribution in [0.2, 0.25) is 0 Å². The summed E-state index contributed by atoms with van der Waals surface area (Å²) in [6, 6.07) is 1.38. The summed E-state index contributed by atoms with van der Waals surface area (Å²) in [7, 11) is 0. The maximum atomic E-state index is 11.2. The molecule has 5 unspecified atom stereocenters. The van der Waals surface area contributed by atoms with Crippen molar-refractivity contribution < 1.29 is 14.6 Å². The molecule has 0 spiro atoms. The van der Waals surface area contributed by atoms with Crippen LogP contribution in [0.5, 0.6) is 0 Å². The molecule has 1 N–H and O–H groups in total. The van der Waals surface area contributed by atoms with Crippen LogP contribution in [-0.4, -0.2) is 46.8 Å². The molecule has 3 fully saturated rings. The number of nitrogens with zero attached hydrogens (tertiary/aromatic N) is 1. The zero-order chi connectivity index (χ0) is 12.0. The largest absolute Gasteiger partial charge is 0.481 e. The number of hydrogen-bond acceptors (Lipinski definition) is 3. The highest BCUT2D eigenvalue weighted by Crippen LogP contribution is 2.44. The van der Waals surface area contributed by atoms with Crippen molar-refractivity contribution in [1.29, 1.82) is 0 Å². The lowest BCUT2D eigenvalue weighted by molar-refractivity contribution is -0.142. The molecule has 0 aromatic rings. The molecule has 96 valence electrons. The number of hydrogen-bond donors (Lipinski definition) is 1. The van der Waals surface area contributed by atoms with Gasteiger partial charge in [0.05, 0.1) is 12.0 Å². The molecule has 3 saturated heterocycles. The third-order valence-corrected chi connectivity index (χ3v) is 4.79. The van der Waals surface area contributed by atoms with E-state index >= 15 is 0 Å². The summed E-state index contributed by atoms with van der Waals surface area (Å²) in [4.78, 5) is 13.8. The van der Waals surface area contributed by atoms with Crippen LogP contribution in [0.3, 0.4) is 0 Å². The van der Waals surface area contributed by atoms with Crippen molar-refractivity contribution in [2.45, 2.75) is 63.3 Å². The Labute approximate surface area is 102 Å². The first-order valence-electron chi connectivity index (χ1n) is 6.78. The number of carboxylic acids is 1. The van der Waals surface area contributed by atoms with Crippen LogP contribution in [0.15, 0.2) is 0 Å². The predicted molar refractivity (Wildman–Crippen MR) is 62.8 cm³/mol. The second-order valence-electron chi connectivity index (χ2n) is 5.79. The zero-order valence-electron chi connectivity index (χ0n) is 10.3. The minimum absolute atomic E-state index is 0.119. The lowest BCUT2D eigenvalue weighted by atomic mass is 9.89. The minimum atomic E-state index is -0.595. The summed E-state index contributed by atoms with van der Waals surface area (Å²) in [6.45, 7) is 2.96. The second kappa shape index (κ2) is 4.25. The lowest BCUT2D eigenvalue weighted by Gasteiger charge is -2.37. The Balaban J connectivity index is 1.74. The number of carbonyl (C=O) groups is 1. The molecule has 3 heterocycles. The van der Waals surface area contributed by atoms with E-state index in [4.69, 9.17) is 4.74 Å². The fourth-order valence-electron chi connectivity index (χ4n) is 4.11. The van der Waals surface area contributed by atoms with Crippen LogP contribution in [0.4, 0.5) is 0 Å². The molecule has 3 rings (SSSR count). The van der Waals surface area contributed by atoms with Crippen molar-refractivity contribution in [3.05, 3.63) is 0 Å². The predicted octanol–water partition coefficient (Wildman–Crippen LogP) is 1.49. The zero-order valence-corrected chi connectivity index (χ0v) is 10.3. The third-order valence-electron chi connectivity index (χ3n) is 4.79. The van der Waals surface area contributed by atoms with Gasteiger partial charge >= 0.3 is 5.97 Å². The Morgan fingerprint density at radius 2 is 2.00 bits per heavy atom. The highest BCUT2D eigenvalue weighted by Gasteiger charge is 2.51. The fraction of sp³-hybridized carbons (Fsp3) is 0.923. The average molecular weight is 239 g/mol. The van der Waals surface area contributed by atoms with E-state index in [-0.39, 0.29) is 5.92 Å². The van der Waals surface area contributed by atoms with E-state index in [1.807, 2.05) is 0 Å². The summed E-state index contributed by atoms with van der Waals surface area (Å²) in [5.74, 6) is -0.714. The van der Waals surface area contributed by atoms with Gasteiger partial charge in [0.15, 0.2) is 0 Å². The van der Waals surface area contributed by atoms with Gasteiger partial charge in [0.1, 0.15) is 0 Å². The number of rotatable bonds is 2. The molecule has 0 saturated carbocycles. The van der Waals surface area contributed by atoms with Gasteiger partial charge in [0.25, 0.3) is 0 Å². The summed E-state index contributed by atoms with van der Waals surface area (Å²) in [6.07, 6.45) is 5.61. The molecule has 17 heavy (non-hydrogen) atoms. The molecule has 0 aromatic heterocycles. The Kier molecular flexibility index (Phi) is 2.87. The maximum Gasteiger partial charge on any atom is 0.308 e. The van der Waals surface area contributed by atoms with Crippen LogP contribution in [0.1, 0.15) is 39.0 Å². The van der Waals surface area contributed by atoms with Gasteiger partial charge in [-0.2, -0.15) is 0 Å². The Bertz CT molecular complexity index is 320. The first-order chi connectivity index (χ1) is 8.16. The van der Waals surface area contributed by atoms with Crippen LogP contribution < -0.4 is 0 Å². The highest BCUT2D eigenvalue weighted by atomic mass is 16.5. The van der Waals surface area contributed by atoms with Gasteiger partial charge in [0.2, 0.25) is 0 Å². The summed E-state index contributed by atoms with van der Waals surface area (Å²) in [5, 5.41) is 9.25. The van der Waals surface area contributed by atoms with E-state index in [0.717, 1.165) is 32.3 Å². The second-order valence-corrected chi connectivity index (χ2v) is 5.79. The van der Waals surface area contributed by atoms with E-state index in [0.29, 0.717) is 24.2 Å². The van der Waals surface area contributed by atoms with Crippen LogP contribution in [-0.2, 0) is 9.53 Å². The molecular formula is C13H21NO3. The van der Waals surface area contributed by atoms with E-state index in [9.17, 15) is 9.90 Å². The van der Waals surface area contributed by atoms with Crippen LogP contribution in [0.25, 0.3) is 0 Å². The normalized spacial score (nSPS) is 46.3. The van der Waals surface area contributed by atoms with Crippen molar-refractivity contribution in [2.75, 3.05) is 6.61 Å². The molecule has 2 bridgehead atoms. The van der Waals surface area contributed by atoms with E-state index in [2.05, 4.69) is 11.8 Å². The monoisotopic (exact) mass is 239 g/mol. The van der Waals surface area contributed by atoms with Gasteiger partial charge < -0.3 is 9.84 Å². The van der Waals surface area contributed by atoms with E-state index in [1.54, 1.807) is 0 Å². The smallest absolute Gasteiger partial charge is 0.308 e.